The van der Waals surface area contributed by atoms with Crippen molar-refractivity contribution in [1.82, 2.24) is 9.88 Å². The summed E-state index contributed by atoms with van der Waals surface area (Å²) in [6.45, 7) is 2.59. The van der Waals surface area contributed by atoms with Crippen molar-refractivity contribution in [1.29, 1.82) is 0 Å². The molecule has 0 saturated heterocycles. The SMILES string of the molecule is COc1ccc(OCC2CN(Cc3cccc(F)c3)C(=O)c3ccc(C)nc3O2)cc1. The Labute approximate surface area is 180 Å². The summed E-state index contributed by atoms with van der Waals surface area (Å²) < 4.78 is 30.8. The van der Waals surface area contributed by atoms with Crippen LogP contribution in [0.15, 0.2) is 60.7 Å². The molecule has 0 aliphatic carbocycles. The second-order valence-corrected chi connectivity index (χ2v) is 7.35. The third-order valence-electron chi connectivity index (χ3n) is 4.98. The summed E-state index contributed by atoms with van der Waals surface area (Å²) >= 11 is 0. The van der Waals surface area contributed by atoms with E-state index in [1.165, 1.54) is 12.1 Å². The Bertz CT molecular complexity index is 1070. The zero-order valence-electron chi connectivity index (χ0n) is 17.4. The molecule has 31 heavy (non-hydrogen) atoms. The Morgan fingerprint density at radius 2 is 1.90 bits per heavy atom. The van der Waals surface area contributed by atoms with Gasteiger partial charge in [-0.25, -0.2) is 9.37 Å². The molecule has 2 heterocycles. The highest BCUT2D eigenvalue weighted by molar-refractivity contribution is 5.96. The van der Waals surface area contributed by atoms with Gasteiger partial charge in [0.25, 0.3) is 5.91 Å². The number of hydrogen-bond donors (Lipinski definition) is 0. The molecule has 3 aromatic rings. The van der Waals surface area contributed by atoms with Crippen molar-refractivity contribution in [2.45, 2.75) is 19.6 Å². The highest BCUT2D eigenvalue weighted by atomic mass is 19.1. The number of rotatable bonds is 6. The normalized spacial score (nSPS) is 15.6. The predicted molar refractivity (Wildman–Crippen MR) is 113 cm³/mol. The molecule has 7 heteroatoms. The monoisotopic (exact) mass is 422 g/mol. The summed E-state index contributed by atoms with van der Waals surface area (Å²) in [6, 6.07) is 16.9. The number of nitrogens with zero attached hydrogens (tertiary/aromatic N) is 2. The molecule has 0 saturated carbocycles. The highest BCUT2D eigenvalue weighted by Gasteiger charge is 2.30. The fourth-order valence-electron chi connectivity index (χ4n) is 3.42. The summed E-state index contributed by atoms with van der Waals surface area (Å²) in [6.07, 6.45) is -0.449. The van der Waals surface area contributed by atoms with Crippen LogP contribution in [-0.4, -0.2) is 42.2 Å². The maximum Gasteiger partial charge on any atom is 0.259 e. The molecular formula is C24H23FN2O4. The summed E-state index contributed by atoms with van der Waals surface area (Å²) in [5.74, 6) is 1.13. The predicted octanol–water partition coefficient (Wildman–Crippen LogP) is 4.02. The molecular weight excluding hydrogens is 399 g/mol. The van der Waals surface area contributed by atoms with Crippen LogP contribution in [0.3, 0.4) is 0 Å². The summed E-state index contributed by atoms with van der Waals surface area (Å²) in [5, 5.41) is 0. The van der Waals surface area contributed by atoms with E-state index in [1.807, 2.05) is 31.2 Å². The third kappa shape index (κ3) is 4.94. The van der Waals surface area contributed by atoms with E-state index >= 15 is 0 Å². The van der Waals surface area contributed by atoms with Crippen molar-refractivity contribution in [2.24, 2.45) is 0 Å². The standard InChI is InChI=1S/C24H23FN2O4/c1-16-6-11-22-23(26-16)31-21(15-30-20-9-7-19(29-2)8-10-20)14-27(24(22)28)13-17-4-3-5-18(25)12-17/h3-12,21H,13-15H2,1-2H3. The number of halogens is 1. The van der Waals surface area contributed by atoms with Crippen LogP contribution >= 0.6 is 0 Å². The molecule has 0 spiro atoms. The van der Waals surface area contributed by atoms with Crippen LogP contribution in [0.4, 0.5) is 4.39 Å². The van der Waals surface area contributed by atoms with Crippen LogP contribution in [0.2, 0.25) is 0 Å². The smallest absolute Gasteiger partial charge is 0.259 e. The van der Waals surface area contributed by atoms with Gasteiger partial charge >= 0.3 is 0 Å². The zero-order valence-corrected chi connectivity index (χ0v) is 17.4. The zero-order chi connectivity index (χ0) is 21.8. The number of methoxy groups -OCH3 is 1. The van der Waals surface area contributed by atoms with Gasteiger partial charge < -0.3 is 19.1 Å². The van der Waals surface area contributed by atoms with Crippen LogP contribution in [0.1, 0.15) is 21.6 Å². The van der Waals surface area contributed by atoms with E-state index in [4.69, 9.17) is 14.2 Å². The van der Waals surface area contributed by atoms with Gasteiger partial charge in [-0.1, -0.05) is 12.1 Å². The lowest BCUT2D eigenvalue weighted by Gasteiger charge is -2.24. The minimum absolute atomic E-state index is 0.210. The second-order valence-electron chi connectivity index (χ2n) is 7.35. The topological polar surface area (TPSA) is 60.9 Å². The van der Waals surface area contributed by atoms with E-state index in [-0.39, 0.29) is 37.3 Å². The van der Waals surface area contributed by atoms with Gasteiger partial charge in [-0.15, -0.1) is 0 Å². The van der Waals surface area contributed by atoms with Crippen molar-refractivity contribution in [3.05, 3.63) is 83.3 Å². The number of amides is 1. The number of fused-ring (bicyclic) bond motifs is 1. The molecule has 0 N–H and O–H groups in total. The van der Waals surface area contributed by atoms with Gasteiger partial charge in [0.15, 0.2) is 6.10 Å². The molecule has 1 amide bonds. The van der Waals surface area contributed by atoms with Crippen molar-refractivity contribution < 1.29 is 23.4 Å². The Morgan fingerprint density at radius 1 is 1.13 bits per heavy atom. The molecule has 1 aliphatic rings. The molecule has 0 radical (unpaired) electrons. The highest BCUT2D eigenvalue weighted by Crippen LogP contribution is 2.25. The van der Waals surface area contributed by atoms with E-state index in [1.54, 1.807) is 36.3 Å². The van der Waals surface area contributed by atoms with Crippen molar-refractivity contribution in [3.8, 4) is 17.4 Å². The van der Waals surface area contributed by atoms with Crippen molar-refractivity contribution in [3.63, 3.8) is 0 Å². The quantitative estimate of drug-likeness (QED) is 0.601. The molecule has 2 aromatic carbocycles. The molecule has 4 rings (SSSR count). The average Bonchev–Trinajstić information content (AvgIpc) is 2.89. The number of pyridine rings is 1. The number of aryl methyl sites for hydroxylation is 1. The molecule has 1 atom stereocenters. The van der Waals surface area contributed by atoms with Crippen molar-refractivity contribution in [2.75, 3.05) is 20.3 Å². The molecule has 6 nitrogen and oxygen atoms in total. The first-order chi connectivity index (χ1) is 15.0. The van der Waals surface area contributed by atoms with Crippen LogP contribution in [0.25, 0.3) is 0 Å². The fraction of sp³-hybridized carbons (Fsp3) is 0.250. The maximum atomic E-state index is 13.7. The lowest BCUT2D eigenvalue weighted by Crippen LogP contribution is -2.39. The first-order valence-corrected chi connectivity index (χ1v) is 9.96. The van der Waals surface area contributed by atoms with E-state index in [2.05, 4.69) is 4.98 Å². The molecule has 1 aromatic heterocycles. The third-order valence-corrected chi connectivity index (χ3v) is 4.98. The summed E-state index contributed by atoms with van der Waals surface area (Å²) in [5.41, 5.74) is 1.83. The number of carbonyl (C=O) groups is 1. The lowest BCUT2D eigenvalue weighted by molar-refractivity contribution is 0.0626. The van der Waals surface area contributed by atoms with Gasteiger partial charge in [-0.05, 0) is 61.0 Å². The van der Waals surface area contributed by atoms with Gasteiger partial charge in [0, 0.05) is 12.2 Å². The van der Waals surface area contributed by atoms with E-state index in [0.29, 0.717) is 16.9 Å². The van der Waals surface area contributed by atoms with Gasteiger partial charge in [0.1, 0.15) is 29.5 Å². The Balaban J connectivity index is 1.56. The Hall–Kier alpha value is -3.61. The molecule has 1 aliphatic heterocycles. The van der Waals surface area contributed by atoms with Crippen LogP contribution in [-0.2, 0) is 6.54 Å². The first kappa shape index (κ1) is 20.7. The van der Waals surface area contributed by atoms with E-state index < -0.39 is 6.10 Å². The van der Waals surface area contributed by atoms with Crippen LogP contribution in [0.5, 0.6) is 17.4 Å². The van der Waals surface area contributed by atoms with Gasteiger partial charge in [-0.2, -0.15) is 0 Å². The van der Waals surface area contributed by atoms with Crippen LogP contribution < -0.4 is 14.2 Å². The Morgan fingerprint density at radius 3 is 2.65 bits per heavy atom. The van der Waals surface area contributed by atoms with Crippen LogP contribution in [0, 0.1) is 12.7 Å². The van der Waals surface area contributed by atoms with Gasteiger partial charge in [-0.3, -0.25) is 4.79 Å². The lowest BCUT2D eigenvalue weighted by atomic mass is 10.1. The van der Waals surface area contributed by atoms with Crippen molar-refractivity contribution >= 4 is 5.91 Å². The first-order valence-electron chi connectivity index (χ1n) is 9.96. The number of carbonyl (C=O) groups excluding carboxylic acids is 1. The number of benzene rings is 2. The van der Waals surface area contributed by atoms with Gasteiger partial charge in [0.05, 0.1) is 13.7 Å². The summed E-state index contributed by atoms with van der Waals surface area (Å²) in [7, 11) is 1.60. The molecule has 0 bridgehead atoms. The Kier molecular flexibility index (Phi) is 6.02. The second kappa shape index (κ2) is 9.04. The minimum atomic E-state index is -0.449. The largest absolute Gasteiger partial charge is 0.497 e. The van der Waals surface area contributed by atoms with E-state index in [0.717, 1.165) is 11.4 Å². The maximum absolute atomic E-state index is 13.7. The summed E-state index contributed by atoms with van der Waals surface area (Å²) in [4.78, 5) is 19.2. The average molecular weight is 422 g/mol. The minimum Gasteiger partial charge on any atom is -0.497 e. The molecule has 160 valence electrons. The molecule has 1 unspecified atom stereocenters. The fourth-order valence-corrected chi connectivity index (χ4v) is 3.42. The number of hydrogen-bond acceptors (Lipinski definition) is 5. The van der Waals surface area contributed by atoms with Gasteiger partial charge in [0.2, 0.25) is 5.88 Å². The number of ether oxygens (including phenoxy) is 3. The molecule has 0 fully saturated rings. The number of aromatic nitrogens is 1. The van der Waals surface area contributed by atoms with E-state index in [9.17, 15) is 9.18 Å².